The van der Waals surface area contributed by atoms with Crippen LogP contribution in [-0.2, 0) is 11.3 Å². The largest absolute Gasteiger partial charge is 0.322 e. The molecule has 0 aliphatic carbocycles. The number of nitrogens with zero attached hydrogens (tertiary/aromatic N) is 1. The Labute approximate surface area is 134 Å². The molecule has 2 aromatic carbocycles. The van der Waals surface area contributed by atoms with Gasteiger partial charge in [-0.2, -0.15) is 0 Å². The fourth-order valence-corrected chi connectivity index (χ4v) is 2.28. The first-order valence-corrected chi connectivity index (χ1v) is 7.47. The molecule has 0 bridgehead atoms. The second-order valence-corrected chi connectivity index (χ2v) is 5.40. The highest BCUT2D eigenvalue weighted by Crippen LogP contribution is 2.19. The van der Waals surface area contributed by atoms with Crippen molar-refractivity contribution < 1.29 is 9.18 Å². The van der Waals surface area contributed by atoms with Crippen LogP contribution in [0.3, 0.4) is 0 Å². The summed E-state index contributed by atoms with van der Waals surface area (Å²) in [6.07, 6.45) is 0. The molecule has 0 saturated heterocycles. The van der Waals surface area contributed by atoms with E-state index < -0.39 is 5.82 Å². The first-order valence-electron chi connectivity index (χ1n) is 7.09. The van der Waals surface area contributed by atoms with Crippen LogP contribution < -0.4 is 5.32 Å². The molecule has 1 amide bonds. The Morgan fingerprint density at radius 2 is 1.95 bits per heavy atom. The lowest BCUT2D eigenvalue weighted by Gasteiger charge is -2.20. The van der Waals surface area contributed by atoms with E-state index in [2.05, 4.69) is 5.32 Å². The molecule has 0 aliphatic heterocycles. The minimum Gasteiger partial charge on any atom is -0.322 e. The summed E-state index contributed by atoms with van der Waals surface area (Å²) in [7, 11) is 0. The quantitative estimate of drug-likeness (QED) is 0.874. The van der Waals surface area contributed by atoms with Crippen molar-refractivity contribution in [2.45, 2.75) is 13.5 Å². The molecule has 0 radical (unpaired) electrons. The molecule has 1 N–H and O–H groups in total. The molecule has 116 valence electrons. The SMILES string of the molecule is CCN(CC(=O)Nc1cc(Cl)ccc1F)Cc1ccccc1. The molecule has 0 aliphatic rings. The van der Waals surface area contributed by atoms with Gasteiger partial charge in [0, 0.05) is 11.6 Å². The Morgan fingerprint density at radius 3 is 2.64 bits per heavy atom. The number of amides is 1. The number of likely N-dealkylation sites (N-methyl/N-ethyl adjacent to an activating group) is 1. The predicted molar refractivity (Wildman–Crippen MR) is 87.4 cm³/mol. The third-order valence-electron chi connectivity index (χ3n) is 3.27. The number of rotatable bonds is 6. The normalized spacial score (nSPS) is 10.7. The molecular weight excluding hydrogens is 303 g/mol. The van der Waals surface area contributed by atoms with Crippen molar-refractivity contribution in [3.05, 3.63) is 64.9 Å². The van der Waals surface area contributed by atoms with Crippen molar-refractivity contribution >= 4 is 23.2 Å². The van der Waals surface area contributed by atoms with Gasteiger partial charge in [0.15, 0.2) is 0 Å². The Kier molecular flexibility index (Phi) is 5.92. The molecule has 5 heteroatoms. The summed E-state index contributed by atoms with van der Waals surface area (Å²) >= 11 is 5.81. The van der Waals surface area contributed by atoms with Crippen LogP contribution in [0.5, 0.6) is 0 Å². The summed E-state index contributed by atoms with van der Waals surface area (Å²) in [5, 5.41) is 2.94. The molecule has 0 saturated carbocycles. The first-order chi connectivity index (χ1) is 10.6. The maximum absolute atomic E-state index is 13.6. The summed E-state index contributed by atoms with van der Waals surface area (Å²) in [5.41, 5.74) is 1.24. The fourth-order valence-electron chi connectivity index (χ4n) is 2.11. The molecule has 0 spiro atoms. The zero-order valence-electron chi connectivity index (χ0n) is 12.4. The summed E-state index contributed by atoms with van der Waals surface area (Å²) in [4.78, 5) is 14.1. The summed E-state index contributed by atoms with van der Waals surface area (Å²) in [6, 6.07) is 14.0. The van der Waals surface area contributed by atoms with Gasteiger partial charge in [-0.25, -0.2) is 4.39 Å². The van der Waals surface area contributed by atoms with E-state index in [0.29, 0.717) is 11.6 Å². The monoisotopic (exact) mass is 320 g/mol. The number of carbonyl (C=O) groups excluding carboxylic acids is 1. The van der Waals surface area contributed by atoms with E-state index >= 15 is 0 Å². The van der Waals surface area contributed by atoms with Gasteiger partial charge in [0.2, 0.25) is 5.91 Å². The van der Waals surface area contributed by atoms with Gasteiger partial charge in [-0.3, -0.25) is 9.69 Å². The second-order valence-electron chi connectivity index (χ2n) is 4.96. The molecule has 3 nitrogen and oxygen atoms in total. The van der Waals surface area contributed by atoms with Gasteiger partial charge in [0.05, 0.1) is 12.2 Å². The standard InChI is InChI=1S/C17H18ClFN2O/c1-2-21(11-13-6-4-3-5-7-13)12-17(22)20-16-10-14(18)8-9-15(16)19/h3-10H,2,11-12H2,1H3,(H,20,22). The van der Waals surface area contributed by atoms with E-state index in [9.17, 15) is 9.18 Å². The first kappa shape index (κ1) is 16.5. The van der Waals surface area contributed by atoms with Gasteiger partial charge >= 0.3 is 0 Å². The summed E-state index contributed by atoms with van der Waals surface area (Å²) in [6.45, 7) is 3.57. The molecular formula is C17H18ClFN2O. The smallest absolute Gasteiger partial charge is 0.238 e. The van der Waals surface area contributed by atoms with Crippen LogP contribution >= 0.6 is 11.6 Å². The zero-order chi connectivity index (χ0) is 15.9. The third-order valence-corrected chi connectivity index (χ3v) is 3.50. The van der Waals surface area contributed by atoms with Crippen molar-refractivity contribution in [2.24, 2.45) is 0 Å². The Balaban J connectivity index is 1.96. The van der Waals surface area contributed by atoms with E-state index in [0.717, 1.165) is 12.1 Å². The van der Waals surface area contributed by atoms with Gasteiger partial charge in [-0.1, -0.05) is 48.9 Å². The van der Waals surface area contributed by atoms with Crippen molar-refractivity contribution in [1.29, 1.82) is 0 Å². The maximum atomic E-state index is 13.6. The summed E-state index contributed by atoms with van der Waals surface area (Å²) < 4.78 is 13.6. The highest BCUT2D eigenvalue weighted by atomic mass is 35.5. The van der Waals surface area contributed by atoms with Gasteiger partial charge in [0.25, 0.3) is 0 Å². The van der Waals surface area contributed by atoms with Gasteiger partial charge < -0.3 is 5.32 Å². The minimum atomic E-state index is -0.496. The molecule has 2 aromatic rings. The highest BCUT2D eigenvalue weighted by molar-refractivity contribution is 6.30. The van der Waals surface area contributed by atoms with Crippen LogP contribution in [0.25, 0.3) is 0 Å². The topological polar surface area (TPSA) is 32.3 Å². The second kappa shape index (κ2) is 7.92. The van der Waals surface area contributed by atoms with Crippen LogP contribution in [-0.4, -0.2) is 23.9 Å². The molecule has 0 aromatic heterocycles. The Hall–Kier alpha value is -1.91. The van der Waals surface area contributed by atoms with Crippen LogP contribution in [0, 0.1) is 5.82 Å². The van der Waals surface area contributed by atoms with Crippen molar-refractivity contribution in [2.75, 3.05) is 18.4 Å². The molecule has 0 fully saturated rings. The highest BCUT2D eigenvalue weighted by Gasteiger charge is 2.12. The lowest BCUT2D eigenvalue weighted by molar-refractivity contribution is -0.117. The van der Waals surface area contributed by atoms with Crippen LogP contribution in [0.4, 0.5) is 10.1 Å². The van der Waals surface area contributed by atoms with Crippen LogP contribution in [0.15, 0.2) is 48.5 Å². The van der Waals surface area contributed by atoms with Gasteiger partial charge in [0.1, 0.15) is 5.82 Å². The van der Waals surface area contributed by atoms with E-state index in [1.165, 1.54) is 18.2 Å². The van der Waals surface area contributed by atoms with E-state index in [-0.39, 0.29) is 18.1 Å². The fraction of sp³-hybridized carbons (Fsp3) is 0.235. The maximum Gasteiger partial charge on any atom is 0.238 e. The van der Waals surface area contributed by atoms with Crippen molar-refractivity contribution in [3.8, 4) is 0 Å². The zero-order valence-corrected chi connectivity index (χ0v) is 13.1. The van der Waals surface area contributed by atoms with Crippen molar-refractivity contribution in [1.82, 2.24) is 4.90 Å². The Morgan fingerprint density at radius 1 is 1.23 bits per heavy atom. The van der Waals surface area contributed by atoms with E-state index in [1.54, 1.807) is 0 Å². The summed E-state index contributed by atoms with van der Waals surface area (Å²) in [5.74, 6) is -0.761. The van der Waals surface area contributed by atoms with Crippen molar-refractivity contribution in [3.63, 3.8) is 0 Å². The lowest BCUT2D eigenvalue weighted by Crippen LogP contribution is -2.32. The Bertz CT molecular complexity index is 634. The van der Waals surface area contributed by atoms with Crippen LogP contribution in [0.2, 0.25) is 5.02 Å². The molecule has 22 heavy (non-hydrogen) atoms. The minimum absolute atomic E-state index is 0.105. The number of nitrogens with one attached hydrogen (secondary N) is 1. The third kappa shape index (κ3) is 4.83. The molecule has 2 rings (SSSR count). The predicted octanol–water partition coefficient (Wildman–Crippen LogP) is 3.94. The average molecular weight is 321 g/mol. The number of anilines is 1. The van der Waals surface area contributed by atoms with Crippen LogP contribution in [0.1, 0.15) is 12.5 Å². The average Bonchev–Trinajstić information content (AvgIpc) is 2.51. The number of hydrogen-bond acceptors (Lipinski definition) is 2. The molecule has 0 atom stereocenters. The number of halogens is 2. The molecule has 0 unspecified atom stereocenters. The molecule has 0 heterocycles. The van der Waals surface area contributed by atoms with E-state index in [1.807, 2.05) is 42.2 Å². The van der Waals surface area contributed by atoms with Gasteiger partial charge in [-0.15, -0.1) is 0 Å². The number of carbonyl (C=O) groups is 1. The number of benzene rings is 2. The van der Waals surface area contributed by atoms with E-state index in [4.69, 9.17) is 11.6 Å². The number of hydrogen-bond donors (Lipinski definition) is 1. The lowest BCUT2D eigenvalue weighted by atomic mass is 10.2. The van der Waals surface area contributed by atoms with Gasteiger partial charge in [-0.05, 0) is 30.3 Å².